The lowest BCUT2D eigenvalue weighted by molar-refractivity contribution is 0.0325. The molecule has 1 saturated heterocycles. The Morgan fingerprint density at radius 2 is 2.46 bits per heavy atom. The van der Waals surface area contributed by atoms with Gasteiger partial charge in [0.25, 0.3) is 0 Å². The van der Waals surface area contributed by atoms with Crippen molar-refractivity contribution in [3.05, 3.63) is 0 Å². The quantitative estimate of drug-likeness (QED) is 0.684. The molecule has 1 atom stereocenters. The van der Waals surface area contributed by atoms with Crippen LogP contribution in [0.1, 0.15) is 19.3 Å². The van der Waals surface area contributed by atoms with Crippen LogP contribution in [-0.4, -0.2) is 42.7 Å². The third-order valence-electron chi connectivity index (χ3n) is 2.47. The topological polar surface area (TPSA) is 38.5 Å². The molecule has 0 aromatic heterocycles. The van der Waals surface area contributed by atoms with Crippen molar-refractivity contribution in [2.45, 2.75) is 25.4 Å². The van der Waals surface area contributed by atoms with E-state index in [1.54, 1.807) is 7.11 Å². The molecule has 0 aliphatic carbocycles. The third-order valence-corrected chi connectivity index (χ3v) is 2.67. The summed E-state index contributed by atoms with van der Waals surface area (Å²) in [6.45, 7) is 3.16. The van der Waals surface area contributed by atoms with Crippen LogP contribution in [0.2, 0.25) is 0 Å². The molecule has 0 spiro atoms. The van der Waals surface area contributed by atoms with Crippen LogP contribution in [0.25, 0.3) is 0 Å². The molecule has 1 heterocycles. The normalized spacial score (nSPS) is 24.5. The summed E-state index contributed by atoms with van der Waals surface area (Å²) >= 11 is 4.84. The minimum Gasteiger partial charge on any atom is -0.393 e. The minimum atomic E-state index is 0.403. The molecule has 4 heteroatoms. The second kappa shape index (κ2) is 5.52. The van der Waals surface area contributed by atoms with E-state index in [2.05, 4.69) is 4.90 Å². The molecule has 1 fully saturated rings. The maximum atomic E-state index is 5.45. The molecule has 0 bridgehead atoms. The minimum absolute atomic E-state index is 0.403. The second-order valence-corrected chi connectivity index (χ2v) is 4.04. The van der Waals surface area contributed by atoms with Crippen molar-refractivity contribution in [2.24, 2.45) is 5.73 Å². The highest BCUT2D eigenvalue weighted by Crippen LogP contribution is 2.12. The van der Waals surface area contributed by atoms with E-state index in [1.165, 1.54) is 12.8 Å². The van der Waals surface area contributed by atoms with E-state index in [0.29, 0.717) is 11.1 Å². The van der Waals surface area contributed by atoms with Gasteiger partial charge in [-0.1, -0.05) is 12.2 Å². The zero-order valence-electron chi connectivity index (χ0n) is 8.16. The summed E-state index contributed by atoms with van der Waals surface area (Å²) in [5, 5.41) is 0. The van der Waals surface area contributed by atoms with E-state index in [9.17, 15) is 0 Å². The molecule has 1 aliphatic heterocycles. The van der Waals surface area contributed by atoms with Crippen LogP contribution in [0.15, 0.2) is 0 Å². The fourth-order valence-corrected chi connectivity index (χ4v) is 1.77. The number of hydrogen-bond donors (Lipinski definition) is 1. The number of ether oxygens (including phenoxy) is 1. The summed E-state index contributed by atoms with van der Waals surface area (Å²) < 4.78 is 5.32. The van der Waals surface area contributed by atoms with Gasteiger partial charge >= 0.3 is 0 Å². The third kappa shape index (κ3) is 4.02. The molecule has 0 aromatic carbocycles. The molecule has 1 rings (SSSR count). The van der Waals surface area contributed by atoms with E-state index in [4.69, 9.17) is 22.7 Å². The van der Waals surface area contributed by atoms with Crippen molar-refractivity contribution in [1.82, 2.24) is 4.90 Å². The van der Waals surface area contributed by atoms with Crippen molar-refractivity contribution in [3.8, 4) is 0 Å². The first-order valence-electron chi connectivity index (χ1n) is 4.76. The average Bonchev–Trinajstić information content (AvgIpc) is 2.15. The Kier molecular flexibility index (Phi) is 4.62. The van der Waals surface area contributed by atoms with Gasteiger partial charge in [-0.2, -0.15) is 0 Å². The van der Waals surface area contributed by atoms with E-state index >= 15 is 0 Å². The van der Waals surface area contributed by atoms with Gasteiger partial charge in [0.15, 0.2) is 0 Å². The van der Waals surface area contributed by atoms with Gasteiger partial charge in [-0.25, -0.2) is 0 Å². The second-order valence-electron chi connectivity index (χ2n) is 3.52. The first-order chi connectivity index (χ1) is 6.22. The van der Waals surface area contributed by atoms with Crippen molar-refractivity contribution in [1.29, 1.82) is 0 Å². The van der Waals surface area contributed by atoms with Crippen molar-refractivity contribution in [2.75, 3.05) is 26.7 Å². The highest BCUT2D eigenvalue weighted by Gasteiger charge is 2.18. The molecule has 76 valence electrons. The Balaban J connectivity index is 2.21. The van der Waals surface area contributed by atoms with Crippen LogP contribution in [0.4, 0.5) is 0 Å². The summed E-state index contributed by atoms with van der Waals surface area (Å²) in [5.74, 6) is 0. The fourth-order valence-electron chi connectivity index (χ4n) is 1.68. The van der Waals surface area contributed by atoms with Gasteiger partial charge in [-0.05, 0) is 19.4 Å². The Hall–Kier alpha value is -0.190. The molecule has 2 N–H and O–H groups in total. The van der Waals surface area contributed by atoms with E-state index < -0.39 is 0 Å². The SMILES string of the molecule is COC1CCCN(CCC(N)=S)C1. The van der Waals surface area contributed by atoms with Crippen LogP contribution in [0.3, 0.4) is 0 Å². The molecule has 0 saturated carbocycles. The Bertz CT molecular complexity index is 175. The van der Waals surface area contributed by atoms with Gasteiger partial charge < -0.3 is 15.4 Å². The highest BCUT2D eigenvalue weighted by molar-refractivity contribution is 7.80. The molecule has 1 aliphatic rings. The molecule has 0 amide bonds. The lowest BCUT2D eigenvalue weighted by Crippen LogP contribution is -2.40. The molecular weight excluding hydrogens is 184 g/mol. The number of hydrogen-bond acceptors (Lipinski definition) is 3. The molecule has 0 radical (unpaired) electrons. The number of nitrogens with zero attached hydrogens (tertiary/aromatic N) is 1. The van der Waals surface area contributed by atoms with Crippen molar-refractivity contribution < 1.29 is 4.74 Å². The largest absolute Gasteiger partial charge is 0.393 e. The standard InChI is InChI=1S/C9H18N2OS/c1-12-8-3-2-5-11(7-8)6-4-9(10)13/h8H,2-7H2,1H3,(H2,10,13). The molecular formula is C9H18N2OS. The lowest BCUT2D eigenvalue weighted by Gasteiger charge is -2.31. The van der Waals surface area contributed by atoms with Gasteiger partial charge in [0.1, 0.15) is 0 Å². The summed E-state index contributed by atoms with van der Waals surface area (Å²) in [5.41, 5.74) is 5.45. The Morgan fingerprint density at radius 3 is 3.08 bits per heavy atom. The first-order valence-corrected chi connectivity index (χ1v) is 5.16. The van der Waals surface area contributed by atoms with Crippen LogP contribution < -0.4 is 5.73 Å². The monoisotopic (exact) mass is 202 g/mol. The van der Waals surface area contributed by atoms with E-state index in [1.807, 2.05) is 0 Å². The highest BCUT2D eigenvalue weighted by atomic mass is 32.1. The van der Waals surface area contributed by atoms with Crippen LogP contribution in [-0.2, 0) is 4.74 Å². The summed E-state index contributed by atoms with van der Waals surface area (Å²) in [6, 6.07) is 0. The number of rotatable bonds is 4. The van der Waals surface area contributed by atoms with Crippen molar-refractivity contribution >= 4 is 17.2 Å². The molecule has 0 aromatic rings. The Morgan fingerprint density at radius 1 is 1.69 bits per heavy atom. The summed E-state index contributed by atoms with van der Waals surface area (Å²) in [4.78, 5) is 2.98. The zero-order valence-corrected chi connectivity index (χ0v) is 8.98. The predicted molar refractivity (Wildman–Crippen MR) is 57.9 cm³/mol. The van der Waals surface area contributed by atoms with Crippen LogP contribution in [0, 0.1) is 0 Å². The fraction of sp³-hybridized carbons (Fsp3) is 0.889. The molecule has 1 unspecified atom stereocenters. The van der Waals surface area contributed by atoms with Crippen LogP contribution >= 0.6 is 12.2 Å². The first kappa shape index (κ1) is 10.9. The average molecular weight is 202 g/mol. The maximum absolute atomic E-state index is 5.45. The predicted octanol–water partition coefficient (Wildman–Crippen LogP) is 0.773. The lowest BCUT2D eigenvalue weighted by atomic mass is 10.1. The number of likely N-dealkylation sites (tertiary alicyclic amines) is 1. The smallest absolute Gasteiger partial charge is 0.0740 e. The maximum Gasteiger partial charge on any atom is 0.0740 e. The Labute approximate surface area is 85.2 Å². The van der Waals surface area contributed by atoms with Gasteiger partial charge in [-0.3, -0.25) is 0 Å². The van der Waals surface area contributed by atoms with Gasteiger partial charge in [-0.15, -0.1) is 0 Å². The van der Waals surface area contributed by atoms with Gasteiger partial charge in [0, 0.05) is 26.6 Å². The van der Waals surface area contributed by atoms with E-state index in [0.717, 1.165) is 26.1 Å². The van der Waals surface area contributed by atoms with Gasteiger partial charge in [0.2, 0.25) is 0 Å². The molecule has 3 nitrogen and oxygen atoms in total. The number of methoxy groups -OCH3 is 1. The van der Waals surface area contributed by atoms with E-state index in [-0.39, 0.29) is 0 Å². The summed E-state index contributed by atoms with van der Waals surface area (Å²) in [7, 11) is 1.78. The van der Waals surface area contributed by atoms with Gasteiger partial charge in [0.05, 0.1) is 11.1 Å². The van der Waals surface area contributed by atoms with Crippen molar-refractivity contribution in [3.63, 3.8) is 0 Å². The number of piperidine rings is 1. The number of nitrogens with two attached hydrogens (primary N) is 1. The molecule has 13 heavy (non-hydrogen) atoms. The zero-order chi connectivity index (χ0) is 9.68. The number of thiocarbonyl (C=S) groups is 1. The summed E-state index contributed by atoms with van der Waals surface area (Å²) in [6.07, 6.45) is 3.63. The van der Waals surface area contributed by atoms with Crippen LogP contribution in [0.5, 0.6) is 0 Å².